The summed E-state index contributed by atoms with van der Waals surface area (Å²) >= 11 is 0. The van der Waals surface area contributed by atoms with E-state index in [1.807, 2.05) is 4.90 Å². The van der Waals surface area contributed by atoms with Crippen LogP contribution in [-0.2, 0) is 9.47 Å². The maximum atomic E-state index is 12.6. The van der Waals surface area contributed by atoms with E-state index in [2.05, 4.69) is 4.98 Å². The van der Waals surface area contributed by atoms with Crippen LogP contribution in [0.5, 0.6) is 0 Å². The van der Waals surface area contributed by atoms with Gasteiger partial charge in [0.15, 0.2) is 6.61 Å². The molecule has 1 aliphatic rings. The Morgan fingerprint density at radius 2 is 1.81 bits per heavy atom. The Hall–Kier alpha value is -3.69. The third-order valence-corrected chi connectivity index (χ3v) is 5.38. The van der Waals surface area contributed by atoms with Gasteiger partial charge in [0, 0.05) is 24.8 Å². The van der Waals surface area contributed by atoms with Crippen molar-refractivity contribution >= 4 is 29.1 Å². The minimum absolute atomic E-state index is 0.0148. The van der Waals surface area contributed by atoms with Gasteiger partial charge in [0.05, 0.1) is 28.4 Å². The molecule has 10 heteroatoms. The van der Waals surface area contributed by atoms with E-state index in [-0.39, 0.29) is 29.1 Å². The third-order valence-electron chi connectivity index (χ3n) is 5.38. The van der Waals surface area contributed by atoms with Crippen LogP contribution in [0.3, 0.4) is 0 Å². The first kappa shape index (κ1) is 23.0. The Balaban J connectivity index is 1.72. The molecule has 2 heterocycles. The number of benzene rings is 1. The number of nitro groups is 1. The zero-order chi connectivity index (χ0) is 23.4. The van der Waals surface area contributed by atoms with Crippen LogP contribution >= 0.6 is 0 Å². The van der Waals surface area contributed by atoms with Gasteiger partial charge in [-0.05, 0) is 51.3 Å². The largest absolute Gasteiger partial charge is 0.462 e. The Morgan fingerprint density at radius 3 is 2.44 bits per heavy atom. The van der Waals surface area contributed by atoms with E-state index >= 15 is 0 Å². The molecule has 2 aromatic rings. The summed E-state index contributed by atoms with van der Waals surface area (Å²) in [5.41, 5.74) is 1.57. The van der Waals surface area contributed by atoms with Crippen LogP contribution in [-0.4, -0.2) is 53.9 Å². The van der Waals surface area contributed by atoms with Gasteiger partial charge in [-0.15, -0.1) is 0 Å². The van der Waals surface area contributed by atoms with Gasteiger partial charge in [0.1, 0.15) is 5.69 Å². The molecular weight excluding hydrogens is 418 g/mol. The van der Waals surface area contributed by atoms with Crippen LogP contribution in [0.2, 0.25) is 0 Å². The Bertz CT molecular complexity index is 1070. The Labute approximate surface area is 184 Å². The van der Waals surface area contributed by atoms with E-state index in [0.29, 0.717) is 16.9 Å². The Morgan fingerprint density at radius 1 is 1.12 bits per heavy atom. The number of esters is 2. The average Bonchev–Trinajstić information content (AvgIpc) is 3.39. The minimum Gasteiger partial charge on any atom is -0.462 e. The summed E-state index contributed by atoms with van der Waals surface area (Å²) < 4.78 is 10.1. The van der Waals surface area contributed by atoms with Crippen molar-refractivity contribution in [1.29, 1.82) is 0 Å². The second kappa shape index (κ2) is 9.63. The van der Waals surface area contributed by atoms with E-state index in [0.717, 1.165) is 25.9 Å². The van der Waals surface area contributed by atoms with Gasteiger partial charge in [-0.1, -0.05) is 0 Å². The maximum Gasteiger partial charge on any atom is 0.340 e. The fourth-order valence-corrected chi connectivity index (χ4v) is 3.85. The lowest BCUT2D eigenvalue weighted by Crippen LogP contribution is -2.20. The molecule has 0 atom stereocenters. The molecule has 0 aliphatic carbocycles. The number of nitrogens with one attached hydrogen (secondary N) is 1. The summed E-state index contributed by atoms with van der Waals surface area (Å²) in [6, 6.07) is 4.16. The lowest BCUT2D eigenvalue weighted by molar-refractivity contribution is -0.384. The first-order chi connectivity index (χ1) is 15.2. The summed E-state index contributed by atoms with van der Waals surface area (Å²) in [7, 11) is 0. The minimum atomic E-state index is -0.846. The van der Waals surface area contributed by atoms with E-state index in [1.54, 1.807) is 20.8 Å². The molecular formula is C22H25N3O7. The van der Waals surface area contributed by atoms with Crippen molar-refractivity contribution in [2.24, 2.45) is 0 Å². The molecule has 170 valence electrons. The highest BCUT2D eigenvalue weighted by atomic mass is 16.6. The quantitative estimate of drug-likeness (QED) is 0.284. The Kier molecular flexibility index (Phi) is 6.92. The number of hydrogen-bond acceptors (Lipinski definition) is 8. The molecule has 1 N–H and O–H groups in total. The van der Waals surface area contributed by atoms with Crippen LogP contribution < -0.4 is 4.90 Å². The molecule has 3 rings (SSSR count). The molecule has 0 amide bonds. The van der Waals surface area contributed by atoms with Gasteiger partial charge < -0.3 is 19.4 Å². The lowest BCUT2D eigenvalue weighted by atomic mass is 10.1. The predicted octanol–water partition coefficient (Wildman–Crippen LogP) is 3.36. The third kappa shape index (κ3) is 4.63. The molecule has 0 bridgehead atoms. The molecule has 1 saturated heterocycles. The molecule has 0 saturated carbocycles. The number of rotatable bonds is 8. The van der Waals surface area contributed by atoms with Crippen LogP contribution in [0.4, 0.5) is 11.4 Å². The second-order valence-corrected chi connectivity index (χ2v) is 7.50. The van der Waals surface area contributed by atoms with Crippen molar-refractivity contribution in [3.8, 4) is 0 Å². The molecule has 0 unspecified atom stereocenters. The van der Waals surface area contributed by atoms with E-state index < -0.39 is 29.3 Å². The number of H-pyrrole nitrogens is 1. The number of ether oxygens (including phenoxy) is 2. The molecule has 0 radical (unpaired) electrons. The van der Waals surface area contributed by atoms with Gasteiger partial charge >= 0.3 is 11.9 Å². The number of Topliss-reactive ketones (excluding diaryl/α,β-unsaturated/α-hetero) is 1. The van der Waals surface area contributed by atoms with Crippen molar-refractivity contribution < 1.29 is 28.8 Å². The lowest BCUT2D eigenvalue weighted by Gasteiger charge is -2.17. The number of ketones is 1. The summed E-state index contributed by atoms with van der Waals surface area (Å²) in [6.45, 7) is 6.00. The molecule has 1 fully saturated rings. The van der Waals surface area contributed by atoms with Crippen LogP contribution in [0.25, 0.3) is 0 Å². The molecule has 1 aliphatic heterocycles. The zero-order valence-electron chi connectivity index (χ0n) is 18.2. The fraction of sp³-hybridized carbons (Fsp3) is 0.409. The zero-order valence-corrected chi connectivity index (χ0v) is 18.2. The highest BCUT2D eigenvalue weighted by molar-refractivity contribution is 6.03. The van der Waals surface area contributed by atoms with Crippen molar-refractivity contribution in [2.45, 2.75) is 33.6 Å². The number of anilines is 1. The number of aromatic nitrogens is 1. The van der Waals surface area contributed by atoms with Crippen molar-refractivity contribution in [3.63, 3.8) is 0 Å². The number of aryl methyl sites for hydroxylation is 1. The summed E-state index contributed by atoms with van der Waals surface area (Å²) in [5, 5.41) is 11.5. The summed E-state index contributed by atoms with van der Waals surface area (Å²) in [5.74, 6) is -1.92. The molecule has 1 aromatic heterocycles. The molecule has 0 spiro atoms. The van der Waals surface area contributed by atoms with Gasteiger partial charge in [-0.25, -0.2) is 9.59 Å². The van der Waals surface area contributed by atoms with E-state index in [9.17, 15) is 24.5 Å². The smallest absolute Gasteiger partial charge is 0.340 e. The number of nitrogens with zero attached hydrogens (tertiary/aromatic N) is 2. The van der Waals surface area contributed by atoms with Gasteiger partial charge in [-0.2, -0.15) is 0 Å². The van der Waals surface area contributed by atoms with Crippen LogP contribution in [0, 0.1) is 24.0 Å². The average molecular weight is 443 g/mol. The normalized spacial score (nSPS) is 13.2. The number of nitro benzene ring substituents is 1. The first-order valence-electron chi connectivity index (χ1n) is 10.3. The predicted molar refractivity (Wildman–Crippen MR) is 115 cm³/mol. The maximum absolute atomic E-state index is 12.6. The van der Waals surface area contributed by atoms with Crippen molar-refractivity contribution in [2.75, 3.05) is 31.2 Å². The second-order valence-electron chi connectivity index (χ2n) is 7.50. The van der Waals surface area contributed by atoms with Crippen molar-refractivity contribution in [3.05, 3.63) is 56.4 Å². The van der Waals surface area contributed by atoms with E-state index in [1.165, 1.54) is 18.2 Å². The van der Waals surface area contributed by atoms with Gasteiger partial charge in [-0.3, -0.25) is 14.9 Å². The molecule has 32 heavy (non-hydrogen) atoms. The molecule has 10 nitrogen and oxygen atoms in total. The first-order valence-corrected chi connectivity index (χ1v) is 10.3. The standard InChI is InChI=1S/C22H25N3O7/c1-4-31-22(28)19-13(2)20(23-14(19)3)18(26)12-32-21(27)15-7-8-16(17(11-15)25(29)30)24-9-5-6-10-24/h7-8,11,23H,4-6,9-10,12H2,1-3H3. The number of hydrogen-bond donors (Lipinski definition) is 1. The monoisotopic (exact) mass is 443 g/mol. The van der Waals surface area contributed by atoms with Crippen molar-refractivity contribution in [1.82, 2.24) is 4.98 Å². The fourth-order valence-electron chi connectivity index (χ4n) is 3.85. The van der Waals surface area contributed by atoms with Gasteiger partial charge in [0.2, 0.25) is 5.78 Å². The van der Waals surface area contributed by atoms with E-state index in [4.69, 9.17) is 9.47 Å². The van der Waals surface area contributed by atoms with Crippen LogP contribution in [0.1, 0.15) is 62.2 Å². The number of carbonyl (C=O) groups excluding carboxylic acids is 3. The number of aromatic amines is 1. The van der Waals surface area contributed by atoms with Crippen LogP contribution in [0.15, 0.2) is 18.2 Å². The SMILES string of the molecule is CCOC(=O)c1c(C)[nH]c(C(=O)COC(=O)c2ccc(N3CCCC3)c([N+](=O)[O-])c2)c1C. The topological polar surface area (TPSA) is 132 Å². The highest BCUT2D eigenvalue weighted by Crippen LogP contribution is 2.32. The number of carbonyl (C=O) groups is 3. The highest BCUT2D eigenvalue weighted by Gasteiger charge is 2.26. The molecule has 1 aromatic carbocycles. The summed E-state index contributed by atoms with van der Waals surface area (Å²) in [6.07, 6.45) is 1.91. The summed E-state index contributed by atoms with van der Waals surface area (Å²) in [4.78, 5) is 52.8. The van der Waals surface area contributed by atoms with Gasteiger partial charge in [0.25, 0.3) is 5.69 Å².